The van der Waals surface area contributed by atoms with E-state index in [9.17, 15) is 4.79 Å². The lowest BCUT2D eigenvalue weighted by Crippen LogP contribution is -2.36. The van der Waals surface area contributed by atoms with Crippen molar-refractivity contribution < 1.29 is 9.53 Å². The van der Waals surface area contributed by atoms with E-state index in [1.165, 1.54) is 10.8 Å². The van der Waals surface area contributed by atoms with Crippen molar-refractivity contribution in [2.45, 2.75) is 59.5 Å². The van der Waals surface area contributed by atoms with Gasteiger partial charge in [0.15, 0.2) is 0 Å². The highest BCUT2D eigenvalue weighted by Gasteiger charge is 2.18. The molecule has 5 nitrogen and oxygen atoms in total. The molecule has 0 bridgehead atoms. The van der Waals surface area contributed by atoms with Gasteiger partial charge in [0, 0.05) is 41.5 Å². The van der Waals surface area contributed by atoms with E-state index in [4.69, 9.17) is 4.74 Å². The van der Waals surface area contributed by atoms with Crippen LogP contribution in [-0.2, 0) is 11.3 Å². The largest absolute Gasteiger partial charge is 0.497 e. The molecule has 0 fully saturated rings. The number of hydrogen-bond donors (Lipinski definition) is 1. The van der Waals surface area contributed by atoms with Gasteiger partial charge in [-0.3, -0.25) is 9.78 Å². The molecule has 1 aromatic carbocycles. The molecule has 3 aromatic rings. The molecule has 0 aliphatic carbocycles. The average molecular weight is 382 g/mol. The molecule has 1 N–H and O–H groups in total. The molecule has 0 aliphatic heterocycles. The van der Waals surface area contributed by atoms with Crippen LogP contribution in [-0.4, -0.2) is 28.6 Å². The first-order valence-electron chi connectivity index (χ1n) is 10.2. The number of benzene rings is 1. The maximum Gasteiger partial charge on any atom is 0.223 e. The summed E-state index contributed by atoms with van der Waals surface area (Å²) in [5.41, 5.74) is 3.26. The highest BCUT2D eigenvalue weighted by Crippen LogP contribution is 2.33. The van der Waals surface area contributed by atoms with E-state index in [1.807, 2.05) is 26.1 Å². The summed E-state index contributed by atoms with van der Waals surface area (Å²) in [6.45, 7) is 9.02. The van der Waals surface area contributed by atoms with Gasteiger partial charge < -0.3 is 14.6 Å². The van der Waals surface area contributed by atoms with Gasteiger partial charge in [0.1, 0.15) is 5.75 Å². The third kappa shape index (κ3) is 3.98. The zero-order valence-corrected chi connectivity index (χ0v) is 17.6. The normalized spacial score (nSPS) is 13.6. The Labute approximate surface area is 167 Å². The Balaban J connectivity index is 1.90. The second kappa shape index (κ2) is 8.63. The molecule has 3 rings (SSSR count). The van der Waals surface area contributed by atoms with E-state index in [2.05, 4.69) is 46.9 Å². The monoisotopic (exact) mass is 381 g/mol. The molecular formula is C23H31N3O2. The predicted octanol–water partition coefficient (Wildman–Crippen LogP) is 4.84. The Morgan fingerprint density at radius 1 is 1.21 bits per heavy atom. The van der Waals surface area contributed by atoms with E-state index >= 15 is 0 Å². The number of nitrogens with zero attached hydrogens (tertiary/aromatic N) is 2. The van der Waals surface area contributed by atoms with Crippen molar-refractivity contribution in [3.05, 3.63) is 36.2 Å². The molecule has 2 heterocycles. The van der Waals surface area contributed by atoms with Crippen molar-refractivity contribution in [2.75, 3.05) is 7.11 Å². The van der Waals surface area contributed by atoms with Gasteiger partial charge in [-0.2, -0.15) is 0 Å². The summed E-state index contributed by atoms with van der Waals surface area (Å²) in [7, 11) is 1.69. The molecule has 2 atom stereocenters. The molecule has 0 saturated heterocycles. The van der Waals surface area contributed by atoms with Gasteiger partial charge in [0.2, 0.25) is 5.91 Å². The summed E-state index contributed by atoms with van der Waals surface area (Å²) in [6, 6.07) is 8.46. The minimum Gasteiger partial charge on any atom is -0.497 e. The highest BCUT2D eigenvalue weighted by molar-refractivity contribution is 6.09. The first-order chi connectivity index (χ1) is 13.5. The van der Waals surface area contributed by atoms with E-state index in [1.54, 1.807) is 7.11 Å². The Kier molecular flexibility index (Phi) is 6.22. The van der Waals surface area contributed by atoms with Crippen molar-refractivity contribution in [2.24, 2.45) is 5.92 Å². The van der Waals surface area contributed by atoms with Crippen LogP contribution >= 0.6 is 0 Å². The topological polar surface area (TPSA) is 56.2 Å². The zero-order valence-electron chi connectivity index (χ0n) is 17.6. The summed E-state index contributed by atoms with van der Waals surface area (Å²) in [5, 5.41) is 5.52. The van der Waals surface area contributed by atoms with Gasteiger partial charge in [-0.25, -0.2) is 0 Å². The number of aromatic nitrogens is 2. The van der Waals surface area contributed by atoms with Crippen molar-refractivity contribution in [3.8, 4) is 5.75 Å². The Morgan fingerprint density at radius 2 is 2.00 bits per heavy atom. The number of fused-ring (bicyclic) bond motifs is 3. The Morgan fingerprint density at radius 3 is 2.71 bits per heavy atom. The molecule has 0 saturated carbocycles. The van der Waals surface area contributed by atoms with E-state index in [-0.39, 0.29) is 17.9 Å². The lowest BCUT2D eigenvalue weighted by Gasteiger charge is -2.18. The van der Waals surface area contributed by atoms with Crippen LogP contribution in [0.1, 0.15) is 45.7 Å². The molecule has 1 amide bonds. The Hall–Kier alpha value is -2.56. The van der Waals surface area contributed by atoms with Crippen LogP contribution in [0.4, 0.5) is 0 Å². The van der Waals surface area contributed by atoms with E-state index in [0.29, 0.717) is 0 Å². The number of nitrogens with one attached hydrogen (secondary N) is 1. The summed E-state index contributed by atoms with van der Waals surface area (Å²) >= 11 is 0. The predicted molar refractivity (Wildman–Crippen MR) is 115 cm³/mol. The highest BCUT2D eigenvalue weighted by atomic mass is 16.5. The summed E-state index contributed by atoms with van der Waals surface area (Å²) < 4.78 is 7.73. The first kappa shape index (κ1) is 20.2. The standard InChI is InChI=1S/C23H31N3O2/c1-6-7-16(3)25-23(27)15(2)11-13-26-21-14-18(28-5)8-9-19(21)20-10-12-24-17(4)22(20)26/h8-10,12,14-16H,6-7,11,13H2,1-5H3,(H,25,27). The first-order valence-corrected chi connectivity index (χ1v) is 10.2. The number of carbonyl (C=O) groups excluding carboxylic acids is 1. The smallest absolute Gasteiger partial charge is 0.223 e. The van der Waals surface area contributed by atoms with Crippen LogP contribution in [0.2, 0.25) is 0 Å². The maximum atomic E-state index is 12.5. The third-order valence-electron chi connectivity index (χ3n) is 5.51. The number of methoxy groups -OCH3 is 1. The van der Waals surface area contributed by atoms with Crippen LogP contribution < -0.4 is 10.1 Å². The summed E-state index contributed by atoms with van der Waals surface area (Å²) in [4.78, 5) is 17.0. The molecule has 2 unspecified atom stereocenters. The maximum absolute atomic E-state index is 12.5. The molecular weight excluding hydrogens is 350 g/mol. The van der Waals surface area contributed by atoms with Crippen molar-refractivity contribution in [3.63, 3.8) is 0 Å². The minimum absolute atomic E-state index is 0.0469. The van der Waals surface area contributed by atoms with Crippen molar-refractivity contribution in [1.82, 2.24) is 14.9 Å². The molecule has 150 valence electrons. The SMILES string of the molecule is CCCC(C)NC(=O)C(C)CCn1c2cc(OC)ccc2c2ccnc(C)c21. The molecule has 2 aromatic heterocycles. The van der Waals surface area contributed by atoms with Gasteiger partial charge in [0.25, 0.3) is 0 Å². The molecule has 0 aliphatic rings. The quantitative estimate of drug-likeness (QED) is 0.607. The van der Waals surface area contributed by atoms with Crippen LogP contribution in [0.3, 0.4) is 0 Å². The van der Waals surface area contributed by atoms with Crippen LogP contribution in [0, 0.1) is 12.8 Å². The van der Waals surface area contributed by atoms with Crippen LogP contribution in [0.5, 0.6) is 5.75 Å². The van der Waals surface area contributed by atoms with Gasteiger partial charge in [-0.15, -0.1) is 0 Å². The minimum atomic E-state index is -0.0469. The van der Waals surface area contributed by atoms with Crippen molar-refractivity contribution >= 4 is 27.7 Å². The van der Waals surface area contributed by atoms with Gasteiger partial charge in [0.05, 0.1) is 23.8 Å². The third-order valence-corrected chi connectivity index (χ3v) is 5.51. The molecule has 0 spiro atoms. The lowest BCUT2D eigenvalue weighted by atomic mass is 10.1. The number of hydrogen-bond acceptors (Lipinski definition) is 3. The van der Waals surface area contributed by atoms with Crippen LogP contribution in [0.25, 0.3) is 21.8 Å². The second-order valence-electron chi connectivity index (χ2n) is 7.72. The average Bonchev–Trinajstić information content (AvgIpc) is 3.00. The van der Waals surface area contributed by atoms with Gasteiger partial charge in [-0.1, -0.05) is 20.3 Å². The lowest BCUT2D eigenvalue weighted by molar-refractivity contribution is -0.125. The van der Waals surface area contributed by atoms with Gasteiger partial charge >= 0.3 is 0 Å². The zero-order chi connectivity index (χ0) is 20.3. The number of amides is 1. The fourth-order valence-corrected chi connectivity index (χ4v) is 3.90. The molecule has 0 radical (unpaired) electrons. The number of carbonyl (C=O) groups is 1. The van der Waals surface area contributed by atoms with Crippen molar-refractivity contribution in [1.29, 1.82) is 0 Å². The van der Waals surface area contributed by atoms with Gasteiger partial charge in [-0.05, 0) is 44.9 Å². The van der Waals surface area contributed by atoms with E-state index < -0.39 is 0 Å². The van der Waals surface area contributed by atoms with E-state index in [0.717, 1.165) is 48.3 Å². The fraction of sp³-hybridized carbons (Fsp3) is 0.478. The second-order valence-corrected chi connectivity index (χ2v) is 7.72. The number of ether oxygens (including phenoxy) is 1. The number of aryl methyl sites for hydroxylation is 2. The fourth-order valence-electron chi connectivity index (χ4n) is 3.90. The number of pyridine rings is 1. The summed E-state index contributed by atoms with van der Waals surface area (Å²) in [6.07, 6.45) is 4.72. The Bertz CT molecular complexity index is 977. The molecule has 5 heteroatoms. The molecule has 28 heavy (non-hydrogen) atoms. The number of rotatable bonds is 8. The summed E-state index contributed by atoms with van der Waals surface area (Å²) in [5.74, 6) is 0.921. The van der Waals surface area contributed by atoms with Crippen LogP contribution in [0.15, 0.2) is 30.5 Å².